The molecule has 1 amide bonds. The lowest BCUT2D eigenvalue weighted by molar-refractivity contribution is -0.302. The molecule has 404 valence electrons. The van der Waals surface area contributed by atoms with E-state index in [1.165, 1.54) is 38.5 Å². The number of amides is 1. The molecule has 6 N–H and O–H groups in total. The summed E-state index contributed by atoms with van der Waals surface area (Å²) in [6.45, 7) is 3.58. The van der Waals surface area contributed by atoms with E-state index in [4.69, 9.17) is 9.47 Å². The van der Waals surface area contributed by atoms with Gasteiger partial charge >= 0.3 is 0 Å². The average molecular weight is 998 g/mol. The van der Waals surface area contributed by atoms with Gasteiger partial charge in [0.1, 0.15) is 24.4 Å². The smallest absolute Gasteiger partial charge is 0.220 e. The molecule has 1 aliphatic rings. The van der Waals surface area contributed by atoms with E-state index in [2.05, 4.69) is 165 Å². The third-order valence-electron chi connectivity index (χ3n) is 11.9. The molecule has 0 aromatic rings. The number of unbranched alkanes of at least 4 members (excludes halogenated alkanes) is 10. The first-order chi connectivity index (χ1) is 35.3. The highest BCUT2D eigenvalue weighted by Gasteiger charge is 2.44. The monoisotopic (exact) mass is 998 g/mol. The van der Waals surface area contributed by atoms with Gasteiger partial charge in [0.15, 0.2) is 6.29 Å². The van der Waals surface area contributed by atoms with Crippen LogP contribution in [-0.2, 0) is 14.3 Å². The van der Waals surface area contributed by atoms with Crippen molar-refractivity contribution in [1.29, 1.82) is 0 Å². The number of allylic oxidation sites excluding steroid dienone is 25. The molecular weight excluding hydrogens is 899 g/mol. The number of nitrogens with one attached hydrogen (secondary N) is 1. The summed E-state index contributed by atoms with van der Waals surface area (Å²) in [6, 6.07) is -0.838. The van der Waals surface area contributed by atoms with Gasteiger partial charge in [-0.15, -0.1) is 0 Å². The van der Waals surface area contributed by atoms with Gasteiger partial charge in [0.2, 0.25) is 5.91 Å². The summed E-state index contributed by atoms with van der Waals surface area (Å²) in [6.07, 6.45) is 73.2. The second kappa shape index (κ2) is 50.3. The van der Waals surface area contributed by atoms with Gasteiger partial charge in [-0.3, -0.25) is 4.79 Å². The Labute approximate surface area is 437 Å². The number of hydrogen-bond donors (Lipinski definition) is 6. The minimum absolute atomic E-state index is 0.217. The number of ether oxygens (including phenoxy) is 2. The van der Waals surface area contributed by atoms with Crippen molar-refractivity contribution in [2.75, 3.05) is 13.2 Å². The van der Waals surface area contributed by atoms with E-state index in [-0.39, 0.29) is 18.9 Å². The molecule has 9 nitrogen and oxygen atoms in total. The van der Waals surface area contributed by atoms with Crippen LogP contribution < -0.4 is 5.32 Å². The fourth-order valence-corrected chi connectivity index (χ4v) is 7.49. The lowest BCUT2D eigenvalue weighted by Gasteiger charge is -2.40. The van der Waals surface area contributed by atoms with Crippen LogP contribution >= 0.6 is 0 Å². The Morgan fingerprint density at radius 2 is 0.861 bits per heavy atom. The Bertz CT molecular complexity index is 1680. The van der Waals surface area contributed by atoms with Gasteiger partial charge in [0.25, 0.3) is 0 Å². The van der Waals surface area contributed by atoms with Crippen molar-refractivity contribution in [3.05, 3.63) is 158 Å². The number of carbonyl (C=O) groups is 1. The number of carbonyl (C=O) groups excluding carboxylic acids is 1. The summed E-state index contributed by atoms with van der Waals surface area (Å²) in [7, 11) is 0. The van der Waals surface area contributed by atoms with Crippen LogP contribution in [0.25, 0.3) is 0 Å². The lowest BCUT2D eigenvalue weighted by Crippen LogP contribution is -2.60. The third-order valence-corrected chi connectivity index (χ3v) is 11.9. The van der Waals surface area contributed by atoms with Crippen LogP contribution in [0.3, 0.4) is 0 Å². The highest BCUT2D eigenvalue weighted by molar-refractivity contribution is 5.76. The number of aliphatic hydroxyl groups is 5. The van der Waals surface area contributed by atoms with Crippen molar-refractivity contribution in [1.82, 2.24) is 5.32 Å². The van der Waals surface area contributed by atoms with E-state index in [9.17, 15) is 30.3 Å². The SMILES string of the molecule is CC/C=C\C/C=C\C/C=C\C/C=C\C/C=C\C/C=C\C/C=C\C/C=C\C/C=C\C/C=C\C/C=C\C/C=C\CCCCC(=O)NC(COC1OC(CO)C(O)C(O)C1O)C(O)/C=C/CCCCCCCCCC. The minimum atomic E-state index is -1.58. The quantitative estimate of drug-likeness (QED) is 0.0261. The summed E-state index contributed by atoms with van der Waals surface area (Å²) in [5, 5.41) is 54.2. The fraction of sp³-hybridized carbons (Fsp3) is 0.571. The molecule has 0 aromatic heterocycles. The first-order valence-electron chi connectivity index (χ1n) is 27.7. The van der Waals surface area contributed by atoms with E-state index in [0.29, 0.717) is 6.42 Å². The van der Waals surface area contributed by atoms with Crippen LogP contribution in [-0.4, -0.2) is 87.5 Å². The van der Waals surface area contributed by atoms with Crippen molar-refractivity contribution in [3.8, 4) is 0 Å². The van der Waals surface area contributed by atoms with E-state index in [1.807, 2.05) is 6.08 Å². The van der Waals surface area contributed by atoms with E-state index in [0.717, 1.165) is 109 Å². The molecule has 9 heteroatoms. The van der Waals surface area contributed by atoms with Crippen molar-refractivity contribution >= 4 is 5.91 Å². The van der Waals surface area contributed by atoms with Crippen molar-refractivity contribution < 1.29 is 39.8 Å². The largest absolute Gasteiger partial charge is 0.394 e. The predicted molar refractivity (Wildman–Crippen MR) is 303 cm³/mol. The van der Waals surface area contributed by atoms with Gasteiger partial charge in [-0.2, -0.15) is 0 Å². The number of rotatable bonds is 44. The molecule has 72 heavy (non-hydrogen) atoms. The maximum Gasteiger partial charge on any atom is 0.220 e. The molecule has 7 atom stereocenters. The molecule has 0 saturated carbocycles. The highest BCUT2D eigenvalue weighted by atomic mass is 16.7. The maximum atomic E-state index is 13.0. The zero-order chi connectivity index (χ0) is 52.2. The summed E-state index contributed by atoms with van der Waals surface area (Å²) in [4.78, 5) is 13.0. The molecule has 1 saturated heterocycles. The van der Waals surface area contributed by atoms with Crippen LogP contribution in [0.5, 0.6) is 0 Å². The van der Waals surface area contributed by atoms with Crippen LogP contribution in [0.2, 0.25) is 0 Å². The van der Waals surface area contributed by atoms with Crippen LogP contribution in [0.15, 0.2) is 158 Å². The molecule has 0 aromatic carbocycles. The van der Waals surface area contributed by atoms with Crippen molar-refractivity contribution in [2.24, 2.45) is 0 Å². The third kappa shape index (κ3) is 39.4. The Morgan fingerprint density at radius 1 is 0.486 bits per heavy atom. The van der Waals surface area contributed by atoms with Gasteiger partial charge in [-0.25, -0.2) is 0 Å². The molecule has 0 radical (unpaired) electrons. The molecule has 1 rings (SSSR count). The molecular formula is C63H99NO8. The highest BCUT2D eigenvalue weighted by Crippen LogP contribution is 2.22. The zero-order valence-electron chi connectivity index (χ0n) is 44.6. The van der Waals surface area contributed by atoms with Crippen molar-refractivity contribution in [3.63, 3.8) is 0 Å². The van der Waals surface area contributed by atoms with Gasteiger partial charge < -0.3 is 40.3 Å². The van der Waals surface area contributed by atoms with E-state index < -0.39 is 49.5 Å². The fourth-order valence-electron chi connectivity index (χ4n) is 7.49. The summed E-state index contributed by atoms with van der Waals surface area (Å²) in [5.74, 6) is -0.229. The lowest BCUT2D eigenvalue weighted by atomic mass is 9.99. The first-order valence-corrected chi connectivity index (χ1v) is 27.7. The number of hydrogen-bond acceptors (Lipinski definition) is 8. The standard InChI is InChI=1S/C63H99NO8/c1-3-5-7-9-11-13-15-16-17-18-19-20-21-22-23-24-25-26-27-28-29-30-31-32-33-34-35-36-37-38-39-40-41-42-43-45-47-49-51-53-59(67)64-56(55-71-63-62(70)61(69)60(68)58(54-65)72-63)57(66)52-50-48-46-44-14-12-10-8-6-4-2/h5,7,11,13,16-17,19-20,22-23,25-26,28-29,31-32,34-35,37-38,40-41,43,45,50,52,56-58,60-63,65-66,68-70H,3-4,6,8-10,12,14-15,18,21,24,27,30,33,36,39,42,44,46-49,51,53-55H2,1-2H3,(H,64,67)/b7-5-,13-11-,17-16-,20-19-,23-22-,26-25-,29-28-,32-31-,35-34-,38-37-,41-40-,45-43-,52-50+. The minimum Gasteiger partial charge on any atom is -0.394 e. The summed E-state index contributed by atoms with van der Waals surface area (Å²) >= 11 is 0. The average Bonchev–Trinajstić information content (AvgIpc) is 3.38. The van der Waals surface area contributed by atoms with Crippen molar-refractivity contribution in [2.45, 2.75) is 217 Å². The normalized spacial score (nSPS) is 20.5. The van der Waals surface area contributed by atoms with E-state index >= 15 is 0 Å². The topological polar surface area (TPSA) is 149 Å². The van der Waals surface area contributed by atoms with Gasteiger partial charge in [-0.05, 0) is 109 Å². The second-order valence-electron chi connectivity index (χ2n) is 18.3. The summed E-state index contributed by atoms with van der Waals surface area (Å²) < 4.78 is 11.2. The molecule has 1 heterocycles. The molecule has 1 aliphatic heterocycles. The van der Waals surface area contributed by atoms with E-state index in [1.54, 1.807) is 6.08 Å². The molecule has 0 aliphatic carbocycles. The number of aliphatic hydroxyl groups excluding tert-OH is 5. The summed E-state index contributed by atoms with van der Waals surface area (Å²) in [5.41, 5.74) is 0. The Balaban J connectivity index is 2.21. The zero-order valence-corrected chi connectivity index (χ0v) is 44.6. The molecule has 7 unspecified atom stereocenters. The maximum absolute atomic E-state index is 13.0. The molecule has 0 bridgehead atoms. The first kappa shape index (κ1) is 65.8. The predicted octanol–water partition coefficient (Wildman–Crippen LogP) is 13.7. The molecule has 0 spiro atoms. The molecule has 1 fully saturated rings. The van der Waals surface area contributed by atoms with Crippen LogP contribution in [0.1, 0.15) is 174 Å². The Hall–Kier alpha value is -4.19. The second-order valence-corrected chi connectivity index (χ2v) is 18.3. The van der Waals surface area contributed by atoms with Gasteiger partial charge in [0.05, 0.1) is 25.4 Å². The Kier molecular flexibility index (Phi) is 46.0. The van der Waals surface area contributed by atoms with Crippen LogP contribution in [0, 0.1) is 0 Å². The van der Waals surface area contributed by atoms with Gasteiger partial charge in [-0.1, -0.05) is 217 Å². The Morgan fingerprint density at radius 3 is 1.28 bits per heavy atom. The van der Waals surface area contributed by atoms with Crippen LogP contribution in [0.4, 0.5) is 0 Å². The van der Waals surface area contributed by atoms with Gasteiger partial charge in [0, 0.05) is 6.42 Å².